The standard InChI is InChI=1S/C19H23N5OS/c1-13-4-5-16-17(10-13)26-19(20-16)23-8-6-22(7-9-23)18(25)12-24-15(3)11-14(2)21-24/h4-5,10-11H,6-9,12H2,1-3H3. The van der Waals surface area contributed by atoms with Gasteiger partial charge in [-0.15, -0.1) is 0 Å². The minimum absolute atomic E-state index is 0.135. The highest BCUT2D eigenvalue weighted by atomic mass is 32.1. The number of carbonyl (C=O) groups excluding carboxylic acids is 1. The molecule has 6 nitrogen and oxygen atoms in total. The van der Waals surface area contributed by atoms with Crippen LogP contribution in [0.15, 0.2) is 24.3 Å². The number of benzene rings is 1. The van der Waals surface area contributed by atoms with Crippen LogP contribution >= 0.6 is 11.3 Å². The lowest BCUT2D eigenvalue weighted by molar-refractivity contribution is -0.132. The monoisotopic (exact) mass is 369 g/mol. The predicted molar refractivity (Wildman–Crippen MR) is 105 cm³/mol. The van der Waals surface area contributed by atoms with Crippen LogP contribution in [0, 0.1) is 20.8 Å². The van der Waals surface area contributed by atoms with Gasteiger partial charge in [0.25, 0.3) is 0 Å². The lowest BCUT2D eigenvalue weighted by Crippen LogP contribution is -2.49. The van der Waals surface area contributed by atoms with Crippen molar-refractivity contribution in [3.05, 3.63) is 41.2 Å². The average molecular weight is 369 g/mol. The van der Waals surface area contributed by atoms with E-state index in [1.165, 1.54) is 10.3 Å². The van der Waals surface area contributed by atoms with Gasteiger partial charge < -0.3 is 9.80 Å². The number of amides is 1. The molecule has 1 aliphatic rings. The Morgan fingerprint density at radius 1 is 1.12 bits per heavy atom. The van der Waals surface area contributed by atoms with Gasteiger partial charge in [-0.1, -0.05) is 17.4 Å². The summed E-state index contributed by atoms with van der Waals surface area (Å²) in [6.45, 7) is 9.46. The second-order valence-electron chi connectivity index (χ2n) is 6.92. The Balaban J connectivity index is 1.40. The molecule has 7 heteroatoms. The molecule has 2 aromatic heterocycles. The number of aromatic nitrogens is 3. The minimum atomic E-state index is 0.135. The highest BCUT2D eigenvalue weighted by Gasteiger charge is 2.23. The quantitative estimate of drug-likeness (QED) is 0.712. The summed E-state index contributed by atoms with van der Waals surface area (Å²) in [5.74, 6) is 0.135. The zero-order valence-corrected chi connectivity index (χ0v) is 16.2. The number of piperazine rings is 1. The number of fused-ring (bicyclic) bond motifs is 1. The topological polar surface area (TPSA) is 54.3 Å². The van der Waals surface area contributed by atoms with Gasteiger partial charge in [0.1, 0.15) is 6.54 Å². The van der Waals surface area contributed by atoms with E-state index in [1.807, 2.05) is 24.8 Å². The Morgan fingerprint density at radius 3 is 2.58 bits per heavy atom. The maximum atomic E-state index is 12.6. The number of hydrogen-bond acceptors (Lipinski definition) is 5. The van der Waals surface area contributed by atoms with Crippen molar-refractivity contribution in [3.63, 3.8) is 0 Å². The van der Waals surface area contributed by atoms with E-state index < -0.39 is 0 Å². The van der Waals surface area contributed by atoms with Gasteiger partial charge >= 0.3 is 0 Å². The van der Waals surface area contributed by atoms with Gasteiger partial charge in [-0.05, 0) is 44.5 Å². The van der Waals surface area contributed by atoms with Gasteiger partial charge in [0.15, 0.2) is 5.13 Å². The molecule has 0 radical (unpaired) electrons. The van der Waals surface area contributed by atoms with E-state index in [0.29, 0.717) is 6.54 Å². The van der Waals surface area contributed by atoms with E-state index in [4.69, 9.17) is 4.98 Å². The van der Waals surface area contributed by atoms with Crippen LogP contribution in [-0.4, -0.2) is 51.8 Å². The molecular weight excluding hydrogens is 346 g/mol. The predicted octanol–water partition coefficient (Wildman–Crippen LogP) is 2.77. The second-order valence-corrected chi connectivity index (χ2v) is 7.93. The first-order chi connectivity index (χ1) is 12.5. The van der Waals surface area contributed by atoms with E-state index in [1.54, 1.807) is 16.0 Å². The Kier molecular flexibility index (Phi) is 4.40. The summed E-state index contributed by atoms with van der Waals surface area (Å²) >= 11 is 1.73. The molecule has 0 aliphatic carbocycles. The van der Waals surface area contributed by atoms with Crippen LogP contribution in [0.4, 0.5) is 5.13 Å². The average Bonchev–Trinajstić information content (AvgIpc) is 3.17. The van der Waals surface area contributed by atoms with Gasteiger partial charge in [0.2, 0.25) is 5.91 Å². The molecule has 0 unspecified atom stereocenters. The molecule has 26 heavy (non-hydrogen) atoms. The number of hydrogen-bond donors (Lipinski definition) is 0. The van der Waals surface area contributed by atoms with Crippen LogP contribution in [0.1, 0.15) is 17.0 Å². The Morgan fingerprint density at radius 2 is 1.88 bits per heavy atom. The van der Waals surface area contributed by atoms with Crippen molar-refractivity contribution >= 4 is 32.6 Å². The van der Waals surface area contributed by atoms with E-state index in [0.717, 1.165) is 48.2 Å². The molecule has 0 spiro atoms. The first kappa shape index (κ1) is 17.0. The van der Waals surface area contributed by atoms with Crippen molar-refractivity contribution in [2.45, 2.75) is 27.3 Å². The van der Waals surface area contributed by atoms with Crippen molar-refractivity contribution in [2.24, 2.45) is 0 Å². The Bertz CT molecular complexity index is 952. The summed E-state index contributed by atoms with van der Waals surface area (Å²) in [7, 11) is 0. The molecule has 1 aliphatic heterocycles. The number of thiazole rings is 1. The van der Waals surface area contributed by atoms with Crippen molar-refractivity contribution in [2.75, 3.05) is 31.1 Å². The Hall–Kier alpha value is -2.41. The second kappa shape index (κ2) is 6.72. The molecule has 0 saturated carbocycles. The maximum absolute atomic E-state index is 12.6. The number of nitrogens with zero attached hydrogens (tertiary/aromatic N) is 5. The van der Waals surface area contributed by atoms with Crippen LogP contribution < -0.4 is 4.90 Å². The first-order valence-corrected chi connectivity index (χ1v) is 9.72. The van der Waals surface area contributed by atoms with Crippen LogP contribution in [-0.2, 0) is 11.3 Å². The van der Waals surface area contributed by atoms with Gasteiger partial charge in [-0.25, -0.2) is 4.98 Å². The van der Waals surface area contributed by atoms with Crippen molar-refractivity contribution < 1.29 is 4.79 Å². The molecule has 0 N–H and O–H groups in total. The molecule has 3 heterocycles. The van der Waals surface area contributed by atoms with Crippen LogP contribution in [0.2, 0.25) is 0 Å². The number of aryl methyl sites for hydroxylation is 3. The van der Waals surface area contributed by atoms with Gasteiger partial charge in [-0.3, -0.25) is 9.48 Å². The van der Waals surface area contributed by atoms with E-state index >= 15 is 0 Å². The number of carbonyl (C=O) groups is 1. The van der Waals surface area contributed by atoms with Crippen molar-refractivity contribution in [1.29, 1.82) is 0 Å². The molecule has 136 valence electrons. The maximum Gasteiger partial charge on any atom is 0.244 e. The van der Waals surface area contributed by atoms with Crippen LogP contribution in [0.25, 0.3) is 10.2 Å². The Labute approximate surface area is 157 Å². The van der Waals surface area contributed by atoms with Gasteiger partial charge in [0.05, 0.1) is 15.9 Å². The molecule has 1 fully saturated rings. The fourth-order valence-electron chi connectivity index (χ4n) is 3.37. The molecule has 1 aromatic carbocycles. The highest BCUT2D eigenvalue weighted by molar-refractivity contribution is 7.22. The lowest BCUT2D eigenvalue weighted by atomic mass is 10.2. The highest BCUT2D eigenvalue weighted by Crippen LogP contribution is 2.30. The number of rotatable bonds is 3. The van der Waals surface area contributed by atoms with Crippen LogP contribution in [0.3, 0.4) is 0 Å². The first-order valence-electron chi connectivity index (χ1n) is 8.90. The normalized spacial score (nSPS) is 15.0. The third kappa shape index (κ3) is 3.31. The lowest BCUT2D eigenvalue weighted by Gasteiger charge is -2.34. The zero-order valence-electron chi connectivity index (χ0n) is 15.4. The molecule has 4 rings (SSSR count). The van der Waals surface area contributed by atoms with E-state index in [9.17, 15) is 4.79 Å². The minimum Gasteiger partial charge on any atom is -0.345 e. The summed E-state index contributed by atoms with van der Waals surface area (Å²) in [5, 5.41) is 5.44. The fraction of sp³-hybridized carbons (Fsp3) is 0.421. The molecule has 0 atom stereocenters. The fourth-order valence-corrected chi connectivity index (χ4v) is 4.48. The van der Waals surface area contributed by atoms with Crippen LogP contribution in [0.5, 0.6) is 0 Å². The van der Waals surface area contributed by atoms with Gasteiger partial charge in [0, 0.05) is 31.9 Å². The largest absolute Gasteiger partial charge is 0.345 e. The van der Waals surface area contributed by atoms with Gasteiger partial charge in [-0.2, -0.15) is 5.10 Å². The zero-order chi connectivity index (χ0) is 18.3. The third-order valence-electron chi connectivity index (χ3n) is 4.82. The molecule has 1 amide bonds. The molecule has 1 saturated heterocycles. The number of anilines is 1. The SMILES string of the molecule is Cc1ccc2nc(N3CCN(C(=O)Cn4nc(C)cc4C)CC3)sc2c1. The smallest absolute Gasteiger partial charge is 0.244 e. The van der Waals surface area contributed by atoms with E-state index in [2.05, 4.69) is 35.1 Å². The molecule has 0 bridgehead atoms. The summed E-state index contributed by atoms with van der Waals surface area (Å²) in [6, 6.07) is 8.37. The summed E-state index contributed by atoms with van der Waals surface area (Å²) < 4.78 is 3.02. The van der Waals surface area contributed by atoms with Crippen molar-refractivity contribution in [1.82, 2.24) is 19.7 Å². The summed E-state index contributed by atoms with van der Waals surface area (Å²) in [4.78, 5) is 21.6. The summed E-state index contributed by atoms with van der Waals surface area (Å²) in [5.41, 5.74) is 4.29. The molecular formula is C19H23N5OS. The summed E-state index contributed by atoms with van der Waals surface area (Å²) in [6.07, 6.45) is 0. The van der Waals surface area contributed by atoms with Crippen molar-refractivity contribution in [3.8, 4) is 0 Å². The van der Waals surface area contributed by atoms with E-state index in [-0.39, 0.29) is 5.91 Å². The third-order valence-corrected chi connectivity index (χ3v) is 5.90. The molecule has 3 aromatic rings.